The lowest BCUT2D eigenvalue weighted by molar-refractivity contribution is 0.134. The first kappa shape index (κ1) is 23.5. The lowest BCUT2D eigenvalue weighted by atomic mass is 9.86. The van der Waals surface area contributed by atoms with Gasteiger partial charge in [-0.3, -0.25) is 4.90 Å². The minimum Gasteiger partial charge on any atom is -0.457 e. The third-order valence-corrected chi connectivity index (χ3v) is 6.73. The molecule has 174 valence electrons. The van der Waals surface area contributed by atoms with Gasteiger partial charge in [-0.2, -0.15) is 0 Å². The van der Waals surface area contributed by atoms with Gasteiger partial charge in [0.05, 0.1) is 0 Å². The number of nitrogens with two attached hydrogens (primary N) is 1. The van der Waals surface area contributed by atoms with Gasteiger partial charge in [-0.05, 0) is 72.1 Å². The van der Waals surface area contributed by atoms with Gasteiger partial charge in [0.2, 0.25) is 0 Å². The van der Waals surface area contributed by atoms with Gasteiger partial charge in [0.25, 0.3) is 0 Å². The first-order chi connectivity index (χ1) is 15.9. The summed E-state index contributed by atoms with van der Waals surface area (Å²) in [7, 11) is 0. The van der Waals surface area contributed by atoms with Gasteiger partial charge in [0.15, 0.2) is 0 Å². The van der Waals surface area contributed by atoms with Crippen molar-refractivity contribution in [3.63, 3.8) is 0 Å². The Bertz CT molecular complexity index is 999. The Morgan fingerprint density at radius 3 is 2.06 bits per heavy atom. The maximum atomic E-state index is 6.22. The lowest BCUT2D eigenvalue weighted by Gasteiger charge is -2.36. The topological polar surface area (TPSA) is 38.5 Å². The average molecular weight is 443 g/mol. The van der Waals surface area contributed by atoms with E-state index in [2.05, 4.69) is 68.1 Å². The molecule has 0 saturated heterocycles. The normalized spacial score (nSPS) is 18.9. The highest BCUT2D eigenvalue weighted by atomic mass is 16.5. The number of para-hydroxylation sites is 1. The van der Waals surface area contributed by atoms with Crippen LogP contribution in [-0.2, 0) is 18.5 Å². The highest BCUT2D eigenvalue weighted by molar-refractivity contribution is 5.34. The van der Waals surface area contributed by atoms with E-state index in [0.717, 1.165) is 37.4 Å². The second-order valence-corrected chi connectivity index (χ2v) is 10.5. The highest BCUT2D eigenvalue weighted by Gasteiger charge is 2.25. The second-order valence-electron chi connectivity index (χ2n) is 10.5. The molecule has 1 saturated carbocycles. The Kier molecular flexibility index (Phi) is 7.52. The molecule has 0 unspecified atom stereocenters. The molecule has 3 aromatic carbocycles. The van der Waals surface area contributed by atoms with E-state index in [-0.39, 0.29) is 5.41 Å². The van der Waals surface area contributed by atoms with Crippen LogP contribution in [0.1, 0.15) is 63.1 Å². The Labute approximate surface area is 199 Å². The Balaban J connectivity index is 1.51. The van der Waals surface area contributed by atoms with Crippen LogP contribution in [0.15, 0.2) is 78.9 Å². The summed E-state index contributed by atoms with van der Waals surface area (Å²) in [6.07, 6.45) is 4.56. The zero-order valence-electron chi connectivity index (χ0n) is 20.3. The molecule has 2 N–H and O–H groups in total. The van der Waals surface area contributed by atoms with Crippen LogP contribution in [0.25, 0.3) is 0 Å². The minimum atomic E-state index is 0.177. The number of ether oxygens (including phenoxy) is 1. The third kappa shape index (κ3) is 6.69. The van der Waals surface area contributed by atoms with Crippen LogP contribution in [0, 0.1) is 0 Å². The molecule has 0 bridgehead atoms. The minimum absolute atomic E-state index is 0.177. The predicted octanol–water partition coefficient (Wildman–Crippen LogP) is 7.05. The SMILES string of the molecule is CC(C)(C)c1ccc(CN(Cc2cccc(Oc3ccccc3)c2)C2CCC(N)CC2)cc1. The Morgan fingerprint density at radius 2 is 1.39 bits per heavy atom. The van der Waals surface area contributed by atoms with Crippen molar-refractivity contribution in [1.82, 2.24) is 4.90 Å². The van der Waals surface area contributed by atoms with Crippen molar-refractivity contribution >= 4 is 0 Å². The molecule has 0 heterocycles. The molecule has 3 heteroatoms. The van der Waals surface area contributed by atoms with Crippen LogP contribution >= 0.6 is 0 Å². The molecule has 3 aromatic rings. The Hall–Kier alpha value is -2.62. The van der Waals surface area contributed by atoms with Crippen LogP contribution in [0.2, 0.25) is 0 Å². The standard InChI is InChI=1S/C30H38N2O/c1-30(2,3)25-14-12-23(13-15-25)21-32(27-18-16-26(31)17-19-27)22-24-8-7-11-29(20-24)33-28-9-5-4-6-10-28/h4-15,20,26-27H,16-19,21-22,31H2,1-3H3. The molecule has 3 nitrogen and oxygen atoms in total. The number of rotatable bonds is 7. The monoisotopic (exact) mass is 442 g/mol. The summed E-state index contributed by atoms with van der Waals surface area (Å²) in [6.45, 7) is 8.67. The summed E-state index contributed by atoms with van der Waals surface area (Å²) in [5, 5.41) is 0. The van der Waals surface area contributed by atoms with Crippen molar-refractivity contribution in [1.29, 1.82) is 0 Å². The molecule has 0 aromatic heterocycles. The molecule has 0 atom stereocenters. The maximum absolute atomic E-state index is 6.22. The van der Waals surface area contributed by atoms with Crippen LogP contribution < -0.4 is 10.5 Å². The molecule has 0 spiro atoms. The largest absolute Gasteiger partial charge is 0.457 e. The van der Waals surface area contributed by atoms with Crippen LogP contribution in [0.5, 0.6) is 11.5 Å². The number of nitrogens with zero attached hydrogens (tertiary/aromatic N) is 1. The van der Waals surface area contributed by atoms with Gasteiger partial charge in [-0.15, -0.1) is 0 Å². The van der Waals surface area contributed by atoms with Gasteiger partial charge in [0.1, 0.15) is 11.5 Å². The van der Waals surface area contributed by atoms with Crippen LogP contribution in [-0.4, -0.2) is 17.0 Å². The fraction of sp³-hybridized carbons (Fsp3) is 0.400. The van der Waals surface area contributed by atoms with Crippen molar-refractivity contribution in [2.75, 3.05) is 0 Å². The molecular weight excluding hydrogens is 404 g/mol. The van der Waals surface area contributed by atoms with Crippen molar-refractivity contribution in [3.8, 4) is 11.5 Å². The molecule has 0 aliphatic heterocycles. The fourth-order valence-corrected chi connectivity index (χ4v) is 4.69. The molecule has 0 amide bonds. The number of benzene rings is 3. The van der Waals surface area contributed by atoms with E-state index in [1.54, 1.807) is 0 Å². The van der Waals surface area contributed by atoms with E-state index >= 15 is 0 Å². The maximum Gasteiger partial charge on any atom is 0.127 e. The first-order valence-electron chi connectivity index (χ1n) is 12.3. The molecular formula is C30H38N2O. The highest BCUT2D eigenvalue weighted by Crippen LogP contribution is 2.28. The van der Waals surface area contributed by atoms with Crippen LogP contribution in [0.3, 0.4) is 0 Å². The molecule has 1 aliphatic carbocycles. The molecule has 1 fully saturated rings. The van der Waals surface area contributed by atoms with Gasteiger partial charge in [-0.25, -0.2) is 0 Å². The zero-order chi connectivity index (χ0) is 23.3. The van der Waals surface area contributed by atoms with E-state index in [0.29, 0.717) is 12.1 Å². The summed E-state index contributed by atoms with van der Waals surface area (Å²) in [6, 6.07) is 28.6. The molecule has 1 aliphatic rings. The van der Waals surface area contributed by atoms with E-state index < -0.39 is 0 Å². The van der Waals surface area contributed by atoms with Crippen molar-refractivity contribution < 1.29 is 4.74 Å². The summed E-state index contributed by atoms with van der Waals surface area (Å²) < 4.78 is 6.09. The van der Waals surface area contributed by atoms with Gasteiger partial charge in [-0.1, -0.05) is 75.4 Å². The van der Waals surface area contributed by atoms with Crippen LogP contribution in [0.4, 0.5) is 0 Å². The van der Waals surface area contributed by atoms with E-state index in [4.69, 9.17) is 10.5 Å². The summed E-state index contributed by atoms with van der Waals surface area (Å²) >= 11 is 0. The summed E-state index contributed by atoms with van der Waals surface area (Å²) in [5.41, 5.74) is 10.4. The Morgan fingerprint density at radius 1 is 0.758 bits per heavy atom. The smallest absolute Gasteiger partial charge is 0.127 e. The zero-order valence-corrected chi connectivity index (χ0v) is 20.3. The third-order valence-electron chi connectivity index (χ3n) is 6.73. The van der Waals surface area contributed by atoms with Gasteiger partial charge >= 0.3 is 0 Å². The lowest BCUT2D eigenvalue weighted by Crippen LogP contribution is -2.40. The number of hydrogen-bond acceptors (Lipinski definition) is 3. The van der Waals surface area contributed by atoms with E-state index in [1.807, 2.05) is 36.4 Å². The molecule has 33 heavy (non-hydrogen) atoms. The van der Waals surface area contributed by atoms with E-state index in [1.165, 1.54) is 29.5 Å². The quantitative estimate of drug-likeness (QED) is 0.426. The van der Waals surface area contributed by atoms with Crippen molar-refractivity contribution in [2.24, 2.45) is 5.73 Å². The summed E-state index contributed by atoms with van der Waals surface area (Å²) in [4.78, 5) is 2.64. The number of hydrogen-bond donors (Lipinski definition) is 1. The van der Waals surface area contributed by atoms with E-state index in [9.17, 15) is 0 Å². The average Bonchev–Trinajstić information content (AvgIpc) is 2.80. The van der Waals surface area contributed by atoms with Crippen molar-refractivity contribution in [3.05, 3.63) is 95.6 Å². The second kappa shape index (κ2) is 10.5. The summed E-state index contributed by atoms with van der Waals surface area (Å²) in [5.74, 6) is 1.76. The molecule has 0 radical (unpaired) electrons. The molecule has 4 rings (SSSR count). The van der Waals surface area contributed by atoms with Gasteiger partial charge in [0, 0.05) is 25.2 Å². The van der Waals surface area contributed by atoms with Crippen molar-refractivity contribution in [2.45, 2.75) is 77.0 Å². The predicted molar refractivity (Wildman–Crippen MR) is 138 cm³/mol. The first-order valence-corrected chi connectivity index (χ1v) is 12.3. The van der Waals surface area contributed by atoms with Gasteiger partial charge < -0.3 is 10.5 Å². The fourth-order valence-electron chi connectivity index (χ4n) is 4.69.